The van der Waals surface area contributed by atoms with E-state index in [1.165, 1.54) is 0 Å². The minimum atomic E-state index is -0.141. The fraction of sp³-hybridized carbons (Fsp3) is 0.429. The average molecular weight is 243 g/mol. The van der Waals surface area contributed by atoms with Crippen molar-refractivity contribution in [1.29, 1.82) is 5.26 Å². The van der Waals surface area contributed by atoms with E-state index in [1.807, 2.05) is 26.0 Å². The molecule has 1 aromatic carbocycles. The maximum atomic E-state index is 12.0. The number of carbonyl (C=O) groups is 1. The zero-order valence-corrected chi connectivity index (χ0v) is 10.7. The molecule has 4 heteroatoms. The van der Waals surface area contributed by atoms with Gasteiger partial charge in [-0.25, -0.2) is 0 Å². The van der Waals surface area contributed by atoms with Gasteiger partial charge >= 0.3 is 0 Å². The summed E-state index contributed by atoms with van der Waals surface area (Å²) in [6, 6.07) is 7.77. The number of rotatable bonds is 3. The van der Waals surface area contributed by atoms with Crippen molar-refractivity contribution in [3.05, 3.63) is 23.8 Å². The van der Waals surface area contributed by atoms with Gasteiger partial charge in [0.25, 0.3) is 0 Å². The Bertz CT molecular complexity index is 516. The normalized spacial score (nSPS) is 15.7. The molecule has 0 aromatic heterocycles. The van der Waals surface area contributed by atoms with Crippen LogP contribution in [0, 0.1) is 23.2 Å². The Morgan fingerprint density at radius 1 is 1.50 bits per heavy atom. The first-order valence-electron chi connectivity index (χ1n) is 6.11. The second-order valence-corrected chi connectivity index (χ2v) is 5.05. The van der Waals surface area contributed by atoms with E-state index >= 15 is 0 Å². The van der Waals surface area contributed by atoms with Crippen LogP contribution in [-0.2, 0) is 11.2 Å². The SMILES string of the molecule is CC(C)C(C#N)CN1C(=O)Cc2cc(N)ccc21. The quantitative estimate of drug-likeness (QED) is 0.825. The van der Waals surface area contributed by atoms with Crippen molar-refractivity contribution in [2.24, 2.45) is 11.8 Å². The van der Waals surface area contributed by atoms with Crippen molar-refractivity contribution in [2.75, 3.05) is 17.2 Å². The van der Waals surface area contributed by atoms with Gasteiger partial charge in [-0.2, -0.15) is 5.26 Å². The summed E-state index contributed by atoms with van der Waals surface area (Å²) in [7, 11) is 0. The highest BCUT2D eigenvalue weighted by Crippen LogP contribution is 2.31. The van der Waals surface area contributed by atoms with Crippen LogP contribution in [0.25, 0.3) is 0 Å². The molecule has 94 valence electrons. The molecule has 0 saturated carbocycles. The molecule has 0 bridgehead atoms. The minimum absolute atomic E-state index is 0.0523. The van der Waals surface area contributed by atoms with Crippen LogP contribution >= 0.6 is 0 Å². The van der Waals surface area contributed by atoms with Crippen LogP contribution in [0.2, 0.25) is 0 Å². The minimum Gasteiger partial charge on any atom is -0.399 e. The molecule has 1 aromatic rings. The number of nitriles is 1. The summed E-state index contributed by atoms with van der Waals surface area (Å²) in [6.07, 6.45) is 0.386. The summed E-state index contributed by atoms with van der Waals surface area (Å²) in [6.45, 7) is 4.46. The Morgan fingerprint density at radius 2 is 2.22 bits per heavy atom. The predicted octanol–water partition coefficient (Wildman–Crippen LogP) is 1.95. The molecule has 18 heavy (non-hydrogen) atoms. The Hall–Kier alpha value is -2.02. The summed E-state index contributed by atoms with van der Waals surface area (Å²) in [5.41, 5.74) is 8.24. The molecule has 1 aliphatic rings. The third-order valence-electron chi connectivity index (χ3n) is 3.39. The highest BCUT2D eigenvalue weighted by Gasteiger charge is 2.30. The number of nitrogen functional groups attached to an aromatic ring is 1. The van der Waals surface area contributed by atoms with Gasteiger partial charge < -0.3 is 10.6 Å². The second kappa shape index (κ2) is 4.69. The van der Waals surface area contributed by atoms with E-state index in [-0.39, 0.29) is 17.7 Å². The van der Waals surface area contributed by atoms with Gasteiger partial charge in [-0.05, 0) is 29.7 Å². The highest BCUT2D eigenvalue weighted by atomic mass is 16.2. The first-order chi connectivity index (χ1) is 8.52. The molecular formula is C14H17N3O. The monoisotopic (exact) mass is 243 g/mol. The van der Waals surface area contributed by atoms with Gasteiger partial charge in [0.1, 0.15) is 0 Å². The van der Waals surface area contributed by atoms with Gasteiger partial charge in [-0.1, -0.05) is 13.8 Å². The number of anilines is 2. The van der Waals surface area contributed by atoms with Crippen molar-refractivity contribution in [3.8, 4) is 6.07 Å². The third kappa shape index (κ3) is 2.17. The van der Waals surface area contributed by atoms with Gasteiger partial charge in [0.2, 0.25) is 5.91 Å². The van der Waals surface area contributed by atoms with E-state index < -0.39 is 0 Å². The molecule has 0 spiro atoms. The summed E-state index contributed by atoms with van der Waals surface area (Å²) in [5, 5.41) is 9.13. The first kappa shape index (κ1) is 12.4. The second-order valence-electron chi connectivity index (χ2n) is 5.05. The van der Waals surface area contributed by atoms with Crippen molar-refractivity contribution in [2.45, 2.75) is 20.3 Å². The predicted molar refractivity (Wildman–Crippen MR) is 70.9 cm³/mol. The summed E-state index contributed by atoms with van der Waals surface area (Å²) < 4.78 is 0. The number of amides is 1. The van der Waals surface area contributed by atoms with Crippen LogP contribution in [-0.4, -0.2) is 12.5 Å². The average Bonchev–Trinajstić information content (AvgIpc) is 2.60. The lowest BCUT2D eigenvalue weighted by Gasteiger charge is -2.22. The molecule has 1 atom stereocenters. The van der Waals surface area contributed by atoms with Gasteiger partial charge in [-0.15, -0.1) is 0 Å². The van der Waals surface area contributed by atoms with E-state index in [9.17, 15) is 4.79 Å². The van der Waals surface area contributed by atoms with E-state index in [2.05, 4.69) is 6.07 Å². The molecule has 1 aliphatic heterocycles. The number of benzene rings is 1. The number of nitrogens with zero attached hydrogens (tertiary/aromatic N) is 2. The molecule has 0 saturated heterocycles. The van der Waals surface area contributed by atoms with Gasteiger partial charge in [0, 0.05) is 17.9 Å². The summed E-state index contributed by atoms with van der Waals surface area (Å²) in [4.78, 5) is 13.7. The fourth-order valence-corrected chi connectivity index (χ4v) is 2.20. The lowest BCUT2D eigenvalue weighted by molar-refractivity contribution is -0.117. The van der Waals surface area contributed by atoms with Crippen LogP contribution in [0.5, 0.6) is 0 Å². The molecular weight excluding hydrogens is 226 g/mol. The first-order valence-corrected chi connectivity index (χ1v) is 6.11. The Kier molecular flexibility index (Phi) is 3.24. The van der Waals surface area contributed by atoms with Crippen LogP contribution in [0.15, 0.2) is 18.2 Å². The van der Waals surface area contributed by atoms with E-state index in [0.29, 0.717) is 18.7 Å². The largest absolute Gasteiger partial charge is 0.399 e. The molecule has 1 amide bonds. The number of hydrogen-bond donors (Lipinski definition) is 1. The molecule has 0 aliphatic carbocycles. The van der Waals surface area contributed by atoms with Crippen molar-refractivity contribution in [1.82, 2.24) is 0 Å². The number of nitrogens with two attached hydrogens (primary N) is 1. The van der Waals surface area contributed by atoms with Crippen molar-refractivity contribution in [3.63, 3.8) is 0 Å². The molecule has 0 radical (unpaired) electrons. The summed E-state index contributed by atoms with van der Waals surface area (Å²) >= 11 is 0. The maximum Gasteiger partial charge on any atom is 0.231 e. The number of fused-ring (bicyclic) bond motifs is 1. The zero-order chi connectivity index (χ0) is 13.3. The van der Waals surface area contributed by atoms with Crippen molar-refractivity contribution >= 4 is 17.3 Å². The van der Waals surface area contributed by atoms with E-state index in [4.69, 9.17) is 11.0 Å². The molecule has 0 fully saturated rings. The Morgan fingerprint density at radius 3 is 2.83 bits per heavy atom. The van der Waals surface area contributed by atoms with E-state index in [0.717, 1.165) is 11.3 Å². The van der Waals surface area contributed by atoms with Gasteiger partial charge in [0.15, 0.2) is 0 Å². The van der Waals surface area contributed by atoms with E-state index in [1.54, 1.807) is 11.0 Å². The molecule has 2 N–H and O–H groups in total. The zero-order valence-electron chi connectivity index (χ0n) is 10.7. The summed E-state index contributed by atoms with van der Waals surface area (Å²) in [5.74, 6) is 0.148. The molecule has 1 heterocycles. The number of hydrogen-bond acceptors (Lipinski definition) is 3. The Labute approximate surface area is 107 Å². The lowest BCUT2D eigenvalue weighted by atomic mass is 9.97. The lowest BCUT2D eigenvalue weighted by Crippen LogP contribution is -2.33. The van der Waals surface area contributed by atoms with Crippen molar-refractivity contribution < 1.29 is 4.79 Å². The molecule has 4 nitrogen and oxygen atoms in total. The van der Waals surface area contributed by atoms with Crippen LogP contribution in [0.3, 0.4) is 0 Å². The standard InChI is InChI=1S/C14H17N3O/c1-9(2)11(7-15)8-17-13-4-3-12(16)5-10(13)6-14(17)18/h3-5,9,11H,6,8,16H2,1-2H3. The van der Waals surface area contributed by atoms with Crippen LogP contribution in [0.1, 0.15) is 19.4 Å². The van der Waals surface area contributed by atoms with Crippen LogP contribution < -0.4 is 10.6 Å². The highest BCUT2D eigenvalue weighted by molar-refractivity contribution is 6.01. The maximum absolute atomic E-state index is 12.0. The number of carbonyl (C=O) groups excluding carboxylic acids is 1. The fourth-order valence-electron chi connectivity index (χ4n) is 2.20. The Balaban J connectivity index is 2.26. The van der Waals surface area contributed by atoms with Crippen LogP contribution in [0.4, 0.5) is 11.4 Å². The molecule has 2 rings (SSSR count). The molecule has 1 unspecified atom stereocenters. The smallest absolute Gasteiger partial charge is 0.231 e. The van der Waals surface area contributed by atoms with Gasteiger partial charge in [-0.3, -0.25) is 4.79 Å². The third-order valence-corrected chi connectivity index (χ3v) is 3.39. The van der Waals surface area contributed by atoms with Gasteiger partial charge in [0.05, 0.1) is 18.4 Å². The topological polar surface area (TPSA) is 70.1 Å².